The maximum atomic E-state index is 6.01. The van der Waals surface area contributed by atoms with E-state index in [-0.39, 0.29) is 0 Å². The van der Waals surface area contributed by atoms with Crippen molar-refractivity contribution in [3.05, 3.63) is 34.9 Å². The van der Waals surface area contributed by atoms with E-state index in [0.29, 0.717) is 12.0 Å². The highest BCUT2D eigenvalue weighted by atomic mass is 35.5. The highest BCUT2D eigenvalue weighted by molar-refractivity contribution is 6.30. The molecule has 0 saturated heterocycles. The van der Waals surface area contributed by atoms with Crippen LogP contribution in [0.3, 0.4) is 0 Å². The average Bonchev–Trinajstić information content (AvgIpc) is 2.34. The van der Waals surface area contributed by atoms with Crippen molar-refractivity contribution in [2.75, 3.05) is 20.1 Å². The molecule has 17 heavy (non-hydrogen) atoms. The molecule has 1 rings (SSSR count). The van der Waals surface area contributed by atoms with E-state index >= 15 is 0 Å². The van der Waals surface area contributed by atoms with E-state index in [1.165, 1.54) is 5.56 Å². The normalized spacial score (nSPS) is 14.9. The molecule has 2 unspecified atom stereocenters. The van der Waals surface area contributed by atoms with E-state index in [2.05, 4.69) is 31.9 Å². The molecule has 0 aliphatic rings. The van der Waals surface area contributed by atoms with Gasteiger partial charge in [-0.15, -0.1) is 0 Å². The summed E-state index contributed by atoms with van der Waals surface area (Å²) >= 11 is 6.01. The summed E-state index contributed by atoms with van der Waals surface area (Å²) in [4.78, 5) is 2.35. The quantitative estimate of drug-likeness (QED) is 0.844. The first-order valence-corrected chi connectivity index (χ1v) is 6.58. The van der Waals surface area contributed by atoms with Gasteiger partial charge in [0.2, 0.25) is 0 Å². The first-order chi connectivity index (χ1) is 8.04. The molecule has 1 aromatic carbocycles. The number of benzene rings is 1. The predicted molar refractivity (Wildman–Crippen MR) is 75.3 cm³/mol. The van der Waals surface area contributed by atoms with Crippen LogP contribution in [0.4, 0.5) is 0 Å². The number of hydrogen-bond donors (Lipinski definition) is 1. The van der Waals surface area contributed by atoms with Gasteiger partial charge in [-0.25, -0.2) is 0 Å². The SMILES string of the molecule is CC(CN)CCN(C)C(C)c1cccc(Cl)c1. The Hall–Kier alpha value is -0.570. The van der Waals surface area contributed by atoms with Gasteiger partial charge in [-0.1, -0.05) is 30.7 Å². The molecular weight excluding hydrogens is 232 g/mol. The summed E-state index contributed by atoms with van der Waals surface area (Å²) in [6.45, 7) is 6.22. The third-order valence-corrected chi connectivity index (χ3v) is 3.60. The number of hydrogen-bond acceptors (Lipinski definition) is 2. The van der Waals surface area contributed by atoms with Gasteiger partial charge in [-0.05, 0) is 57.1 Å². The van der Waals surface area contributed by atoms with Crippen LogP contribution in [-0.2, 0) is 0 Å². The van der Waals surface area contributed by atoms with Crippen molar-refractivity contribution >= 4 is 11.6 Å². The lowest BCUT2D eigenvalue weighted by molar-refractivity contribution is 0.244. The van der Waals surface area contributed by atoms with Gasteiger partial charge in [0.25, 0.3) is 0 Å². The fourth-order valence-corrected chi connectivity index (χ4v) is 1.96. The molecule has 0 aliphatic carbocycles. The van der Waals surface area contributed by atoms with Gasteiger partial charge in [-0.3, -0.25) is 4.90 Å². The van der Waals surface area contributed by atoms with Crippen LogP contribution in [0.25, 0.3) is 0 Å². The Morgan fingerprint density at radius 1 is 1.35 bits per heavy atom. The first-order valence-electron chi connectivity index (χ1n) is 6.20. The molecule has 0 saturated carbocycles. The molecule has 0 radical (unpaired) electrons. The smallest absolute Gasteiger partial charge is 0.0409 e. The number of halogens is 1. The highest BCUT2D eigenvalue weighted by Gasteiger charge is 2.12. The molecule has 0 amide bonds. The van der Waals surface area contributed by atoms with Gasteiger partial charge in [0, 0.05) is 11.1 Å². The molecule has 96 valence electrons. The molecule has 3 heteroatoms. The van der Waals surface area contributed by atoms with Crippen molar-refractivity contribution in [1.82, 2.24) is 4.90 Å². The topological polar surface area (TPSA) is 29.3 Å². The standard InChI is InChI=1S/C14H23ClN2/c1-11(10-16)7-8-17(3)12(2)13-5-4-6-14(15)9-13/h4-6,9,11-12H,7-8,10,16H2,1-3H3. The van der Waals surface area contributed by atoms with E-state index in [1.54, 1.807) is 0 Å². The Kier molecular flexibility index (Phi) is 5.96. The monoisotopic (exact) mass is 254 g/mol. The van der Waals surface area contributed by atoms with Crippen LogP contribution in [0.5, 0.6) is 0 Å². The largest absolute Gasteiger partial charge is 0.330 e. The van der Waals surface area contributed by atoms with Crippen molar-refractivity contribution in [3.63, 3.8) is 0 Å². The highest BCUT2D eigenvalue weighted by Crippen LogP contribution is 2.22. The minimum atomic E-state index is 0.388. The minimum absolute atomic E-state index is 0.388. The van der Waals surface area contributed by atoms with Crippen molar-refractivity contribution in [3.8, 4) is 0 Å². The van der Waals surface area contributed by atoms with Crippen molar-refractivity contribution in [1.29, 1.82) is 0 Å². The molecule has 0 heterocycles. The van der Waals surface area contributed by atoms with Gasteiger partial charge in [0.15, 0.2) is 0 Å². The molecule has 0 fully saturated rings. The number of nitrogens with zero attached hydrogens (tertiary/aromatic N) is 1. The third kappa shape index (κ3) is 4.66. The van der Waals surface area contributed by atoms with E-state index in [0.717, 1.165) is 24.5 Å². The van der Waals surface area contributed by atoms with Crippen LogP contribution in [0, 0.1) is 5.92 Å². The maximum Gasteiger partial charge on any atom is 0.0409 e. The lowest BCUT2D eigenvalue weighted by Crippen LogP contribution is -2.26. The molecule has 2 nitrogen and oxygen atoms in total. The second-order valence-electron chi connectivity index (χ2n) is 4.84. The molecule has 0 spiro atoms. The van der Waals surface area contributed by atoms with E-state index < -0.39 is 0 Å². The summed E-state index contributed by atoms with van der Waals surface area (Å²) in [5.74, 6) is 0.587. The molecule has 1 aromatic rings. The Bertz CT molecular complexity index is 341. The first kappa shape index (κ1) is 14.5. The number of nitrogens with two attached hydrogens (primary N) is 1. The lowest BCUT2D eigenvalue weighted by atomic mass is 10.1. The zero-order valence-corrected chi connectivity index (χ0v) is 11.7. The van der Waals surface area contributed by atoms with Crippen LogP contribution in [0.15, 0.2) is 24.3 Å². The average molecular weight is 255 g/mol. The summed E-state index contributed by atoms with van der Waals surface area (Å²) in [7, 11) is 2.15. The third-order valence-electron chi connectivity index (χ3n) is 3.37. The van der Waals surface area contributed by atoms with Crippen LogP contribution in [0.2, 0.25) is 5.02 Å². The van der Waals surface area contributed by atoms with Crippen molar-refractivity contribution in [2.24, 2.45) is 11.7 Å². The summed E-state index contributed by atoms with van der Waals surface area (Å²) < 4.78 is 0. The van der Waals surface area contributed by atoms with Crippen LogP contribution in [-0.4, -0.2) is 25.0 Å². The second kappa shape index (κ2) is 7.00. The van der Waals surface area contributed by atoms with Crippen LogP contribution < -0.4 is 5.73 Å². The second-order valence-corrected chi connectivity index (χ2v) is 5.28. The molecule has 0 aliphatic heterocycles. The molecule has 0 aromatic heterocycles. The fourth-order valence-electron chi connectivity index (χ4n) is 1.76. The Labute approximate surface area is 110 Å². The lowest BCUT2D eigenvalue weighted by Gasteiger charge is -2.26. The zero-order chi connectivity index (χ0) is 12.8. The van der Waals surface area contributed by atoms with Crippen molar-refractivity contribution in [2.45, 2.75) is 26.3 Å². The van der Waals surface area contributed by atoms with Crippen LogP contribution in [0.1, 0.15) is 31.9 Å². The van der Waals surface area contributed by atoms with Gasteiger partial charge < -0.3 is 5.73 Å². The number of rotatable bonds is 6. The Morgan fingerprint density at radius 3 is 2.65 bits per heavy atom. The fraction of sp³-hybridized carbons (Fsp3) is 0.571. The van der Waals surface area contributed by atoms with Gasteiger partial charge in [-0.2, -0.15) is 0 Å². The maximum absolute atomic E-state index is 6.01. The summed E-state index contributed by atoms with van der Waals surface area (Å²) in [5, 5.41) is 0.804. The van der Waals surface area contributed by atoms with Gasteiger partial charge in [0.1, 0.15) is 0 Å². The van der Waals surface area contributed by atoms with E-state index in [1.807, 2.05) is 18.2 Å². The van der Waals surface area contributed by atoms with E-state index in [9.17, 15) is 0 Å². The Morgan fingerprint density at radius 2 is 2.06 bits per heavy atom. The zero-order valence-electron chi connectivity index (χ0n) is 11.0. The van der Waals surface area contributed by atoms with Gasteiger partial charge >= 0.3 is 0 Å². The van der Waals surface area contributed by atoms with Crippen LogP contribution >= 0.6 is 11.6 Å². The summed E-state index contributed by atoms with van der Waals surface area (Å²) in [5.41, 5.74) is 6.89. The molecular formula is C14H23ClN2. The predicted octanol–water partition coefficient (Wildman–Crippen LogP) is 3.32. The molecule has 0 bridgehead atoms. The van der Waals surface area contributed by atoms with Gasteiger partial charge in [0.05, 0.1) is 0 Å². The minimum Gasteiger partial charge on any atom is -0.330 e. The van der Waals surface area contributed by atoms with Crippen molar-refractivity contribution < 1.29 is 0 Å². The molecule has 2 N–H and O–H groups in total. The summed E-state index contributed by atoms with van der Waals surface area (Å²) in [6.07, 6.45) is 1.14. The van der Waals surface area contributed by atoms with E-state index in [4.69, 9.17) is 17.3 Å². The molecule has 2 atom stereocenters. The Balaban J connectivity index is 2.54. The summed E-state index contributed by atoms with van der Waals surface area (Å²) in [6, 6.07) is 8.46.